The largest absolute Gasteiger partial charge is 0.358 e. The van der Waals surface area contributed by atoms with Crippen molar-refractivity contribution in [3.63, 3.8) is 0 Å². The maximum Gasteiger partial charge on any atom is 0.256 e. The molecular weight excluding hydrogens is 400 g/mol. The molecule has 2 aromatic carbocycles. The van der Waals surface area contributed by atoms with Gasteiger partial charge in [-0.05, 0) is 54.9 Å². The first-order valence-electron chi connectivity index (χ1n) is 10.8. The highest BCUT2D eigenvalue weighted by molar-refractivity contribution is 6.35. The number of fused-ring (bicyclic) bond motifs is 4. The van der Waals surface area contributed by atoms with Gasteiger partial charge < -0.3 is 20.1 Å². The summed E-state index contributed by atoms with van der Waals surface area (Å²) in [5.74, 6) is -0.217. The maximum absolute atomic E-state index is 13.2. The number of hydrogen-bond acceptors (Lipinski definition) is 3. The van der Waals surface area contributed by atoms with Crippen molar-refractivity contribution in [3.8, 4) is 11.1 Å². The molecule has 2 bridgehead atoms. The lowest BCUT2D eigenvalue weighted by molar-refractivity contribution is -0.110. The van der Waals surface area contributed by atoms with Crippen molar-refractivity contribution in [2.75, 3.05) is 32.5 Å². The van der Waals surface area contributed by atoms with Gasteiger partial charge in [0.2, 0.25) is 0 Å². The number of likely N-dealkylation sites (N-methyl/N-ethyl adjacent to an activating group) is 2. The Labute approximate surface area is 187 Å². The van der Waals surface area contributed by atoms with Crippen LogP contribution in [0.4, 0.5) is 5.69 Å². The Morgan fingerprint density at radius 3 is 2.56 bits per heavy atom. The van der Waals surface area contributed by atoms with E-state index in [0.29, 0.717) is 23.4 Å². The van der Waals surface area contributed by atoms with Crippen molar-refractivity contribution in [1.29, 1.82) is 0 Å². The van der Waals surface area contributed by atoms with Crippen molar-refractivity contribution in [1.82, 2.24) is 14.8 Å². The summed E-state index contributed by atoms with van der Waals surface area (Å²) < 4.78 is 0. The maximum atomic E-state index is 13.2. The summed E-state index contributed by atoms with van der Waals surface area (Å²) >= 11 is 0. The van der Waals surface area contributed by atoms with Crippen LogP contribution in [0.3, 0.4) is 0 Å². The molecule has 32 heavy (non-hydrogen) atoms. The number of rotatable bonds is 0. The van der Waals surface area contributed by atoms with Gasteiger partial charge in [-0.2, -0.15) is 0 Å². The molecule has 162 valence electrons. The number of carbonyl (C=O) groups excluding carboxylic acids is 2. The van der Waals surface area contributed by atoms with Gasteiger partial charge in [-0.1, -0.05) is 30.3 Å². The normalized spacial score (nSPS) is 18.2. The summed E-state index contributed by atoms with van der Waals surface area (Å²) in [6, 6.07) is 16.3. The molecule has 0 radical (unpaired) electrons. The van der Waals surface area contributed by atoms with Gasteiger partial charge in [-0.3, -0.25) is 9.59 Å². The van der Waals surface area contributed by atoms with Crippen molar-refractivity contribution in [2.24, 2.45) is 0 Å². The zero-order valence-corrected chi connectivity index (χ0v) is 18.5. The third-order valence-corrected chi connectivity index (χ3v) is 6.24. The van der Waals surface area contributed by atoms with Gasteiger partial charge in [0.25, 0.3) is 11.8 Å². The number of aryl methyl sites for hydroxylation is 1. The van der Waals surface area contributed by atoms with E-state index < -0.39 is 0 Å². The lowest BCUT2D eigenvalue weighted by atomic mass is 9.95. The van der Waals surface area contributed by atoms with Gasteiger partial charge >= 0.3 is 0 Å². The van der Waals surface area contributed by atoms with Crippen LogP contribution in [0.25, 0.3) is 22.8 Å². The summed E-state index contributed by atoms with van der Waals surface area (Å²) in [5, 5.41) is 2.96. The van der Waals surface area contributed by atoms with Gasteiger partial charge in [0.15, 0.2) is 0 Å². The molecule has 0 fully saturated rings. The molecule has 2 N–H and O–H groups in total. The topological polar surface area (TPSA) is 68.4 Å². The van der Waals surface area contributed by atoms with Crippen molar-refractivity contribution >= 4 is 29.2 Å². The molecule has 0 spiro atoms. The summed E-state index contributed by atoms with van der Waals surface area (Å²) in [6.45, 7) is 4.05. The smallest absolute Gasteiger partial charge is 0.256 e. The van der Waals surface area contributed by atoms with Crippen LogP contribution in [0.2, 0.25) is 0 Å². The molecule has 6 nitrogen and oxygen atoms in total. The number of carbonyl (C=O) groups is 2. The minimum Gasteiger partial charge on any atom is -0.358 e. The number of nitrogens with zero attached hydrogens (tertiary/aromatic N) is 2. The van der Waals surface area contributed by atoms with Crippen LogP contribution >= 0.6 is 0 Å². The first-order chi connectivity index (χ1) is 15.4. The standard InChI is InChI=1S/C26H26N4O2/c1-16-12-22-24(27-16)14-21-20-13-17(8-9-23(20)28-25(21)31)19-7-5-4-6-18(19)15-29(2)10-11-30(3)26(22)32/h4-9,12-14,27H,10-11,15H2,1-3H3,(H,28,31)/b21-14-. The highest BCUT2D eigenvalue weighted by atomic mass is 16.2. The Morgan fingerprint density at radius 2 is 1.72 bits per heavy atom. The fourth-order valence-corrected chi connectivity index (χ4v) is 4.48. The van der Waals surface area contributed by atoms with Crippen LogP contribution in [0.1, 0.15) is 32.9 Å². The minimum absolute atomic E-state index is 0.0581. The van der Waals surface area contributed by atoms with E-state index in [1.807, 2.05) is 32.2 Å². The summed E-state index contributed by atoms with van der Waals surface area (Å²) in [5.41, 5.74) is 7.75. The Hall–Kier alpha value is -3.64. The van der Waals surface area contributed by atoms with E-state index in [2.05, 4.69) is 52.6 Å². The van der Waals surface area contributed by atoms with Crippen LogP contribution in [0.5, 0.6) is 0 Å². The van der Waals surface area contributed by atoms with Gasteiger partial charge in [-0.25, -0.2) is 0 Å². The van der Waals surface area contributed by atoms with Crippen LogP contribution in [-0.4, -0.2) is 53.8 Å². The Kier molecular flexibility index (Phi) is 4.94. The molecule has 0 aliphatic carbocycles. The van der Waals surface area contributed by atoms with E-state index in [0.717, 1.165) is 41.2 Å². The molecule has 3 heterocycles. The second-order valence-electron chi connectivity index (χ2n) is 8.67. The number of aromatic nitrogens is 1. The van der Waals surface area contributed by atoms with E-state index in [1.54, 1.807) is 11.0 Å². The number of aromatic amines is 1. The monoisotopic (exact) mass is 426 g/mol. The molecule has 1 aromatic heterocycles. The fraction of sp³-hybridized carbons (Fsp3) is 0.231. The summed E-state index contributed by atoms with van der Waals surface area (Å²) in [7, 11) is 3.90. The molecule has 5 rings (SSSR count). The van der Waals surface area contributed by atoms with Crippen LogP contribution < -0.4 is 5.32 Å². The first kappa shape index (κ1) is 20.3. The third-order valence-electron chi connectivity index (χ3n) is 6.24. The van der Waals surface area contributed by atoms with E-state index >= 15 is 0 Å². The van der Waals surface area contributed by atoms with Gasteiger partial charge in [0.1, 0.15) is 0 Å². The number of benzene rings is 2. The zero-order chi connectivity index (χ0) is 22.4. The van der Waals surface area contributed by atoms with Crippen LogP contribution in [-0.2, 0) is 11.3 Å². The van der Waals surface area contributed by atoms with Gasteiger partial charge in [0.05, 0.1) is 16.8 Å². The average molecular weight is 427 g/mol. The van der Waals surface area contributed by atoms with E-state index in [-0.39, 0.29) is 11.8 Å². The lowest BCUT2D eigenvalue weighted by Crippen LogP contribution is -2.34. The second-order valence-corrected chi connectivity index (χ2v) is 8.67. The number of H-pyrrole nitrogens is 1. The lowest BCUT2D eigenvalue weighted by Gasteiger charge is -2.23. The highest BCUT2D eigenvalue weighted by Gasteiger charge is 2.27. The molecule has 0 saturated carbocycles. The first-order valence-corrected chi connectivity index (χ1v) is 10.8. The van der Waals surface area contributed by atoms with Crippen LogP contribution in [0.15, 0.2) is 48.5 Å². The SMILES string of the molecule is Cc1cc2c([nH]1)/C=C1\C(=O)Nc3ccc(cc31)-c1ccccc1CN(C)CCN(C)C2=O. The molecule has 2 aliphatic heterocycles. The number of anilines is 1. The minimum atomic E-state index is -0.159. The molecule has 2 amide bonds. The van der Waals surface area contributed by atoms with E-state index in [9.17, 15) is 9.59 Å². The molecule has 0 atom stereocenters. The Bertz CT molecular complexity index is 1270. The molecule has 3 aromatic rings. The van der Waals surface area contributed by atoms with E-state index in [4.69, 9.17) is 0 Å². The molecule has 0 saturated heterocycles. The fourth-order valence-electron chi connectivity index (χ4n) is 4.48. The number of amides is 2. The highest BCUT2D eigenvalue weighted by Crippen LogP contribution is 2.37. The Balaban J connectivity index is 1.72. The van der Waals surface area contributed by atoms with Gasteiger partial charge in [0, 0.05) is 43.6 Å². The quantitative estimate of drug-likeness (QED) is 0.571. The number of nitrogens with one attached hydrogen (secondary N) is 2. The van der Waals surface area contributed by atoms with Crippen molar-refractivity contribution < 1.29 is 9.59 Å². The predicted molar refractivity (Wildman–Crippen MR) is 127 cm³/mol. The summed E-state index contributed by atoms with van der Waals surface area (Å²) in [6.07, 6.45) is 1.80. The molecule has 0 unspecified atom stereocenters. The molecular formula is C26H26N4O2. The number of hydrogen-bond donors (Lipinski definition) is 2. The Morgan fingerprint density at radius 1 is 0.906 bits per heavy atom. The predicted octanol–water partition coefficient (Wildman–Crippen LogP) is 4.00. The second kappa shape index (κ2) is 7.80. The third kappa shape index (κ3) is 3.52. The van der Waals surface area contributed by atoms with Crippen molar-refractivity contribution in [2.45, 2.75) is 13.5 Å². The molecule has 6 heteroatoms. The summed E-state index contributed by atoms with van der Waals surface area (Å²) in [4.78, 5) is 33.3. The van der Waals surface area contributed by atoms with Gasteiger partial charge in [-0.15, -0.1) is 0 Å². The zero-order valence-electron chi connectivity index (χ0n) is 18.5. The molecule has 2 aliphatic rings. The van der Waals surface area contributed by atoms with Crippen LogP contribution in [0, 0.1) is 6.92 Å². The average Bonchev–Trinajstić information content (AvgIpc) is 3.30. The van der Waals surface area contributed by atoms with Crippen molar-refractivity contribution in [3.05, 3.63) is 76.6 Å². The van der Waals surface area contributed by atoms with E-state index in [1.165, 1.54) is 5.56 Å².